The number of hydrogen-bond donors (Lipinski definition) is 0. The molecule has 21 heavy (non-hydrogen) atoms. The average Bonchev–Trinajstić information content (AvgIpc) is 2.24. The molecule has 1 aliphatic rings. The first-order valence-electron chi connectivity index (χ1n) is 6.32. The van der Waals surface area contributed by atoms with E-state index in [9.17, 15) is 24.0 Å². The number of Topliss-reactive ketones (excluding diaryl/α,β-unsaturated/α-hetero) is 2. The topological polar surface area (TPSA) is 113 Å². The van der Waals surface area contributed by atoms with Gasteiger partial charge < -0.3 is 0 Å². The Hall–Kier alpha value is -1.45. The third kappa shape index (κ3) is 4.51. The van der Waals surface area contributed by atoms with Gasteiger partial charge in [0.25, 0.3) is 0 Å². The minimum atomic E-state index is -5.37. The van der Waals surface area contributed by atoms with Crippen LogP contribution in [0, 0.1) is 0 Å². The zero-order valence-corrected chi connectivity index (χ0v) is 14.8. The maximum absolute atomic E-state index is 12.1. The fraction of sp³-hybridized carbons (Fsp3) is 0.583. The maximum atomic E-state index is 12.1. The van der Waals surface area contributed by atoms with E-state index in [0.29, 0.717) is 6.42 Å². The van der Waals surface area contributed by atoms with E-state index in [1.807, 2.05) is 0 Å². The van der Waals surface area contributed by atoms with Crippen LogP contribution in [0.5, 0.6) is 0 Å². The predicted octanol–water partition coefficient (Wildman–Crippen LogP) is 0.307. The molecule has 9 heteroatoms. The molecule has 0 aromatic rings. The number of carbonyl (C=O) groups excluding carboxylic acids is 5. The fourth-order valence-electron chi connectivity index (χ4n) is 2.14. The Morgan fingerprint density at radius 1 is 0.857 bits per heavy atom. The zero-order chi connectivity index (χ0) is 16.2. The summed E-state index contributed by atoms with van der Waals surface area (Å²) < 4.78 is 13.5. The van der Waals surface area contributed by atoms with E-state index in [-0.39, 0.29) is 12.8 Å². The summed E-state index contributed by atoms with van der Waals surface area (Å²) in [5.41, 5.74) is 0. The van der Waals surface area contributed by atoms with Crippen molar-refractivity contribution < 1.29 is 33.2 Å². The molecule has 1 saturated carbocycles. The molecule has 0 aromatic heterocycles. The first-order chi connectivity index (χ1) is 9.68. The summed E-state index contributed by atoms with van der Waals surface area (Å²) in [5.74, 6) is -3.67. The summed E-state index contributed by atoms with van der Waals surface area (Å²) in [6.45, 7) is 3.07. The summed E-state index contributed by atoms with van der Waals surface area (Å²) in [6.07, 6.45) is 0.536. The Morgan fingerprint density at radius 3 is 1.48 bits per heavy atom. The van der Waals surface area contributed by atoms with Crippen LogP contribution in [-0.2, 0) is 33.2 Å². The molecule has 0 aromatic carbocycles. The molecule has 0 bridgehead atoms. The third-order valence-electron chi connectivity index (χ3n) is 2.70. The number of rotatable bonds is 4. The van der Waals surface area contributed by atoms with Crippen molar-refractivity contribution in [3.05, 3.63) is 0 Å². The van der Waals surface area contributed by atoms with E-state index in [0.717, 1.165) is 20.8 Å². The van der Waals surface area contributed by atoms with Gasteiger partial charge in [-0.2, -0.15) is 0 Å². The SMILES string of the molecule is CC(=O)[O][Sn]([O]C(C)=O)([O]C(C)=O)[CH]1C(=O)CCCC1=O. The van der Waals surface area contributed by atoms with Gasteiger partial charge in [-0.15, -0.1) is 0 Å². The van der Waals surface area contributed by atoms with Crippen LogP contribution in [0.1, 0.15) is 40.0 Å². The summed E-state index contributed by atoms with van der Waals surface area (Å²) >= 11 is -5.37. The van der Waals surface area contributed by atoms with Gasteiger partial charge >= 0.3 is 126 Å². The van der Waals surface area contributed by atoms with Gasteiger partial charge in [-0.3, -0.25) is 0 Å². The van der Waals surface area contributed by atoms with Crippen molar-refractivity contribution in [1.29, 1.82) is 0 Å². The molecular formula is C12H16O8Sn. The summed E-state index contributed by atoms with van der Waals surface area (Å²) in [5, 5.41) is 0. The van der Waals surface area contributed by atoms with Crippen LogP contribution in [0.15, 0.2) is 0 Å². The second kappa shape index (κ2) is 7.01. The van der Waals surface area contributed by atoms with Gasteiger partial charge in [-0.25, -0.2) is 0 Å². The van der Waals surface area contributed by atoms with E-state index >= 15 is 0 Å². The molecule has 1 fully saturated rings. The Morgan fingerprint density at radius 2 is 1.19 bits per heavy atom. The van der Waals surface area contributed by atoms with Crippen molar-refractivity contribution in [3.8, 4) is 0 Å². The van der Waals surface area contributed by atoms with Crippen LogP contribution in [0.3, 0.4) is 0 Å². The Balaban J connectivity index is 3.32. The molecule has 0 atom stereocenters. The van der Waals surface area contributed by atoms with Crippen molar-refractivity contribution in [2.45, 2.75) is 44.0 Å². The van der Waals surface area contributed by atoms with Crippen LogP contribution in [0.2, 0.25) is 3.93 Å². The normalized spacial score (nSPS) is 16.3. The fourth-order valence-corrected chi connectivity index (χ4v) is 10.0. The molecule has 0 heterocycles. The molecule has 0 amide bonds. The number of ketones is 2. The molecule has 0 N–H and O–H groups in total. The molecule has 1 rings (SSSR count). The zero-order valence-electron chi connectivity index (χ0n) is 12.0. The molecule has 0 unspecified atom stereocenters. The predicted molar refractivity (Wildman–Crippen MR) is 68.7 cm³/mol. The molecule has 0 radical (unpaired) electrons. The van der Waals surface area contributed by atoms with Crippen molar-refractivity contribution in [1.82, 2.24) is 0 Å². The van der Waals surface area contributed by atoms with Crippen molar-refractivity contribution >= 4 is 49.1 Å². The third-order valence-corrected chi connectivity index (χ3v) is 11.5. The first kappa shape index (κ1) is 17.6. The first-order valence-corrected chi connectivity index (χ1v) is 11.5. The van der Waals surface area contributed by atoms with Crippen LogP contribution in [0.25, 0.3) is 0 Å². The van der Waals surface area contributed by atoms with Crippen molar-refractivity contribution in [2.24, 2.45) is 0 Å². The van der Waals surface area contributed by atoms with Crippen LogP contribution >= 0.6 is 0 Å². The molecule has 116 valence electrons. The second-order valence-electron chi connectivity index (χ2n) is 4.60. The van der Waals surface area contributed by atoms with E-state index in [1.165, 1.54) is 0 Å². The van der Waals surface area contributed by atoms with E-state index in [2.05, 4.69) is 0 Å². The van der Waals surface area contributed by atoms with Crippen LogP contribution < -0.4 is 0 Å². The molecule has 0 saturated heterocycles. The van der Waals surface area contributed by atoms with Gasteiger partial charge in [-0.05, 0) is 0 Å². The van der Waals surface area contributed by atoms with E-state index in [1.54, 1.807) is 0 Å². The Kier molecular flexibility index (Phi) is 5.87. The Bertz CT molecular complexity index is 441. The molecule has 0 aliphatic heterocycles. The Labute approximate surface area is 126 Å². The monoisotopic (exact) mass is 408 g/mol. The standard InChI is InChI=1S/C6H7O2.3C2H4O2.Sn/c7-5-2-1-3-6(8)4-5;3*1-2(3)4;/h4H,1-3H2;3*1H3,(H,3,4);/q;;;;+3/p-3. The van der Waals surface area contributed by atoms with Gasteiger partial charge in [0.05, 0.1) is 0 Å². The van der Waals surface area contributed by atoms with Gasteiger partial charge in [0.15, 0.2) is 0 Å². The summed E-state index contributed by atoms with van der Waals surface area (Å²) in [6, 6.07) is 0. The van der Waals surface area contributed by atoms with Crippen molar-refractivity contribution in [3.63, 3.8) is 0 Å². The van der Waals surface area contributed by atoms with Gasteiger partial charge in [0.1, 0.15) is 0 Å². The molecular weight excluding hydrogens is 391 g/mol. The van der Waals surface area contributed by atoms with Gasteiger partial charge in [-0.1, -0.05) is 0 Å². The number of carbonyl (C=O) groups is 5. The quantitative estimate of drug-likeness (QED) is 0.484. The number of hydrogen-bond acceptors (Lipinski definition) is 8. The summed E-state index contributed by atoms with van der Waals surface area (Å²) in [4.78, 5) is 58.0. The molecule has 0 spiro atoms. The van der Waals surface area contributed by atoms with Crippen LogP contribution in [-0.4, -0.2) is 49.1 Å². The van der Waals surface area contributed by atoms with Gasteiger partial charge in [0.2, 0.25) is 0 Å². The summed E-state index contributed by atoms with van der Waals surface area (Å²) in [7, 11) is 0. The molecule has 1 aliphatic carbocycles. The minimum absolute atomic E-state index is 0.0822. The van der Waals surface area contributed by atoms with E-state index < -0.39 is 53.0 Å². The van der Waals surface area contributed by atoms with Crippen molar-refractivity contribution in [2.75, 3.05) is 0 Å². The average molecular weight is 407 g/mol. The second-order valence-corrected chi connectivity index (χ2v) is 11.4. The molecule has 8 nitrogen and oxygen atoms in total. The van der Waals surface area contributed by atoms with Gasteiger partial charge in [0, 0.05) is 0 Å². The van der Waals surface area contributed by atoms with Crippen LogP contribution in [0.4, 0.5) is 0 Å². The van der Waals surface area contributed by atoms with E-state index in [4.69, 9.17) is 9.22 Å².